The van der Waals surface area contributed by atoms with E-state index in [-0.39, 0.29) is 35.0 Å². The number of aliphatic hydroxyl groups excluding tert-OH is 11. The maximum Gasteiger partial charge on any atom is 0.315 e. The van der Waals surface area contributed by atoms with Crippen molar-refractivity contribution in [1.29, 1.82) is 0 Å². The van der Waals surface area contributed by atoms with E-state index in [0.29, 0.717) is 44.9 Å². The van der Waals surface area contributed by atoms with Gasteiger partial charge in [-0.2, -0.15) is 0 Å². The monoisotopic (exact) mass is 1200 g/mol. The van der Waals surface area contributed by atoms with E-state index in [4.69, 9.17) is 47.4 Å². The van der Waals surface area contributed by atoms with Crippen LogP contribution in [0.4, 0.5) is 0 Å². The third-order valence-corrected chi connectivity index (χ3v) is 22.5. The number of allylic oxidation sites excluding steroid dienone is 2. The van der Waals surface area contributed by atoms with Crippen molar-refractivity contribution in [3.8, 4) is 0 Å². The molecular weight excluding hydrogens is 1110 g/mol. The fourth-order valence-corrected chi connectivity index (χ4v) is 17.6. The van der Waals surface area contributed by atoms with Crippen LogP contribution in [-0.4, -0.2) is 234 Å². The lowest BCUT2D eigenvalue weighted by molar-refractivity contribution is -0.382. The van der Waals surface area contributed by atoms with Crippen molar-refractivity contribution in [2.45, 2.75) is 267 Å². The zero-order chi connectivity index (χ0) is 61.3. The molecule has 10 fully saturated rings. The van der Waals surface area contributed by atoms with Crippen LogP contribution in [0.2, 0.25) is 0 Å². The topological polar surface area (TPSA) is 386 Å². The van der Waals surface area contributed by atoms with E-state index in [0.717, 1.165) is 13.3 Å². The predicted molar refractivity (Wildman–Crippen MR) is 284 cm³/mol. The molecule has 14 rings (SSSR count). The van der Waals surface area contributed by atoms with E-state index in [2.05, 4.69) is 40.7 Å². The van der Waals surface area contributed by atoms with E-state index in [1.54, 1.807) is 0 Å². The van der Waals surface area contributed by atoms with Gasteiger partial charge in [0, 0.05) is 0 Å². The van der Waals surface area contributed by atoms with Gasteiger partial charge in [0.1, 0.15) is 79.9 Å². The van der Waals surface area contributed by atoms with Gasteiger partial charge in [0.15, 0.2) is 31.1 Å². The Balaban J connectivity index is 0.996. The summed E-state index contributed by atoms with van der Waals surface area (Å²) >= 11 is 0. The molecule has 12 bridgehead atoms. The predicted octanol–water partition coefficient (Wildman–Crippen LogP) is -0.751. The molecule has 0 aromatic carbocycles. The van der Waals surface area contributed by atoms with Crippen LogP contribution in [0, 0.1) is 50.2 Å². The summed E-state index contributed by atoms with van der Waals surface area (Å²) in [5.41, 5.74) is -4.40. The standard InChI is InChI=1S/C59H92O25/c1-25-44-41(70)43(72)48(77-25)81-45-36(65)29(62)23-76-50(45)84-52(73)59-16-14-53(2,3)18-27(59)26-10-11-33-56(7)19-28(61)47(54(4,5)32(56)12-13-58(33,9)57(26,8)15-17-59)83-51-46(40(69)37(66)30(22-60)78-51)82-49-42(71)39(68)38(67)31(79-49)24-75-34(63)20-55(6,74)21-35(64)80-44/h10,25,27-33,36-51,60-62,65-72,74H,11-24H2,1-9H3. The van der Waals surface area contributed by atoms with Crippen molar-refractivity contribution in [2.24, 2.45) is 50.2 Å². The highest BCUT2D eigenvalue weighted by Crippen LogP contribution is 2.76. The molecule has 14 aliphatic rings. The summed E-state index contributed by atoms with van der Waals surface area (Å²) in [6.45, 7) is 15.7. The smallest absolute Gasteiger partial charge is 0.315 e. The van der Waals surface area contributed by atoms with Crippen molar-refractivity contribution in [3.63, 3.8) is 0 Å². The molecule has 478 valence electrons. The lowest BCUT2D eigenvalue weighted by Crippen LogP contribution is -2.69. The Morgan fingerprint density at radius 2 is 1.20 bits per heavy atom. The maximum atomic E-state index is 15.4. The highest BCUT2D eigenvalue weighted by molar-refractivity contribution is 5.79. The number of hydrogen-bond acceptors (Lipinski definition) is 25. The molecule has 5 aliphatic carbocycles. The average molecular weight is 1200 g/mol. The summed E-state index contributed by atoms with van der Waals surface area (Å²) < 4.78 is 60.0. The Morgan fingerprint density at radius 1 is 0.571 bits per heavy atom. The minimum absolute atomic E-state index is 0.0125. The summed E-state index contributed by atoms with van der Waals surface area (Å²) in [7, 11) is 0. The maximum absolute atomic E-state index is 15.4. The molecule has 9 aliphatic heterocycles. The lowest BCUT2D eigenvalue weighted by Gasteiger charge is -2.71. The van der Waals surface area contributed by atoms with Gasteiger partial charge in [-0.05, 0) is 116 Å². The van der Waals surface area contributed by atoms with Gasteiger partial charge in [-0.1, -0.05) is 60.1 Å². The van der Waals surface area contributed by atoms with E-state index in [1.165, 1.54) is 12.5 Å². The molecule has 25 heteroatoms. The second kappa shape index (κ2) is 23.0. The largest absolute Gasteiger partial charge is 0.463 e. The highest BCUT2D eigenvalue weighted by atomic mass is 16.8. The zero-order valence-electron chi connectivity index (χ0n) is 49.5. The van der Waals surface area contributed by atoms with Gasteiger partial charge in [0.05, 0.1) is 55.4 Å². The molecule has 0 aromatic rings. The molecule has 6 saturated heterocycles. The molecule has 0 amide bonds. The summed E-state index contributed by atoms with van der Waals surface area (Å²) in [5, 5.41) is 136. The number of esters is 3. The fourth-order valence-electron chi connectivity index (χ4n) is 17.6. The summed E-state index contributed by atoms with van der Waals surface area (Å²) in [4.78, 5) is 42.0. The van der Waals surface area contributed by atoms with Gasteiger partial charge < -0.3 is 109 Å². The van der Waals surface area contributed by atoms with Gasteiger partial charge in [-0.15, -0.1) is 0 Å². The Kier molecular flexibility index (Phi) is 17.6. The SMILES string of the molecule is CC1OC2OC3C(OCC(O)C3O)OC(=O)C34CCC(C)(C)CC3C3=CCC5C6(C)CC(O)C(OC7OC(CO)C(O)C(O)C7OC7OC(COC(=O)CC(C)(O)CC(=O)OC1C(O)C2O)C(O)C(O)C7O)C(C)(C)C6CCC5(C)C3(C)CC4. The second-order valence-corrected chi connectivity index (χ2v) is 28.8. The van der Waals surface area contributed by atoms with E-state index >= 15 is 4.79 Å². The Hall–Kier alpha value is -2.61. The Bertz CT molecular complexity index is 2460. The summed E-state index contributed by atoms with van der Waals surface area (Å²) in [5.74, 6) is -3.24. The van der Waals surface area contributed by atoms with Crippen molar-refractivity contribution in [1.82, 2.24) is 0 Å². The van der Waals surface area contributed by atoms with Crippen LogP contribution in [-0.2, 0) is 61.8 Å². The molecule has 84 heavy (non-hydrogen) atoms. The van der Waals surface area contributed by atoms with Crippen molar-refractivity contribution in [3.05, 3.63) is 11.6 Å². The van der Waals surface area contributed by atoms with Gasteiger partial charge >= 0.3 is 17.9 Å². The molecule has 29 unspecified atom stereocenters. The lowest BCUT2D eigenvalue weighted by atomic mass is 9.33. The number of hydrogen-bond donors (Lipinski definition) is 12. The number of ether oxygens (including phenoxy) is 10. The zero-order valence-corrected chi connectivity index (χ0v) is 49.5. The van der Waals surface area contributed by atoms with E-state index in [1.807, 2.05) is 13.8 Å². The van der Waals surface area contributed by atoms with Crippen molar-refractivity contribution < 1.29 is 123 Å². The van der Waals surface area contributed by atoms with Crippen LogP contribution in [0.5, 0.6) is 0 Å². The molecule has 0 aromatic heterocycles. The molecule has 0 radical (unpaired) electrons. The molecule has 29 atom stereocenters. The third kappa shape index (κ3) is 10.9. The second-order valence-electron chi connectivity index (χ2n) is 28.8. The van der Waals surface area contributed by atoms with Crippen LogP contribution >= 0.6 is 0 Å². The Labute approximate surface area is 488 Å². The third-order valence-electron chi connectivity index (χ3n) is 22.5. The summed E-state index contributed by atoms with van der Waals surface area (Å²) in [6, 6.07) is 0. The first kappa shape index (κ1) is 64.4. The van der Waals surface area contributed by atoms with Crippen LogP contribution < -0.4 is 0 Å². The average Bonchev–Trinajstić information content (AvgIpc) is 0.806. The van der Waals surface area contributed by atoms with E-state index in [9.17, 15) is 70.9 Å². The highest BCUT2D eigenvalue weighted by Gasteiger charge is 2.71. The quantitative estimate of drug-likeness (QED) is 0.0665. The first-order chi connectivity index (χ1) is 39.1. The number of rotatable bonds is 1. The molecule has 25 nitrogen and oxygen atoms in total. The molecule has 1 spiro atoms. The Morgan fingerprint density at radius 3 is 1.89 bits per heavy atom. The van der Waals surface area contributed by atoms with E-state index < -0.39 is 207 Å². The number of aliphatic hydroxyl groups is 12. The van der Waals surface area contributed by atoms with Crippen LogP contribution in [0.3, 0.4) is 0 Å². The molecule has 9 heterocycles. The van der Waals surface area contributed by atoms with Gasteiger partial charge in [0.25, 0.3) is 0 Å². The number of carbonyl (C=O) groups is 3. The van der Waals surface area contributed by atoms with Crippen LogP contribution in [0.15, 0.2) is 11.6 Å². The van der Waals surface area contributed by atoms with Gasteiger partial charge in [0.2, 0.25) is 6.29 Å². The fraction of sp³-hybridized carbons (Fsp3) is 0.915. The molecule has 12 N–H and O–H groups in total. The van der Waals surface area contributed by atoms with Crippen molar-refractivity contribution in [2.75, 3.05) is 19.8 Å². The summed E-state index contributed by atoms with van der Waals surface area (Å²) in [6.07, 6.45) is -29.4. The van der Waals surface area contributed by atoms with Crippen LogP contribution in [0.25, 0.3) is 0 Å². The minimum atomic E-state index is -2.19. The molecule has 4 saturated carbocycles. The van der Waals surface area contributed by atoms with Gasteiger partial charge in [-0.25, -0.2) is 0 Å². The molecular formula is C59H92O25. The first-order valence-corrected chi connectivity index (χ1v) is 30.1. The van der Waals surface area contributed by atoms with Crippen molar-refractivity contribution >= 4 is 17.9 Å². The normalized spacial score (nSPS) is 53.7. The minimum Gasteiger partial charge on any atom is -0.463 e. The van der Waals surface area contributed by atoms with Crippen LogP contribution in [0.1, 0.15) is 133 Å². The first-order valence-electron chi connectivity index (χ1n) is 30.1. The van der Waals surface area contributed by atoms with Gasteiger partial charge in [-0.3, -0.25) is 14.4 Å². The number of carbonyl (C=O) groups excluding carboxylic acids is 3.